The van der Waals surface area contributed by atoms with Crippen LogP contribution in [0, 0.1) is 5.92 Å². The van der Waals surface area contributed by atoms with E-state index in [2.05, 4.69) is 28.0 Å². The standard InChI is InChI=1S/C14H25N3/c1-2-3-11-17-12-10-16-14(17)15-9-8-13-6-4-5-7-13/h10,12-13H,2-9,11H2,1H3,(H,15,16). The third-order valence-electron chi connectivity index (χ3n) is 3.78. The molecule has 3 heteroatoms. The molecule has 0 atom stereocenters. The fraction of sp³-hybridized carbons (Fsp3) is 0.786. The molecule has 0 radical (unpaired) electrons. The predicted octanol–water partition coefficient (Wildman–Crippen LogP) is 3.68. The lowest BCUT2D eigenvalue weighted by Gasteiger charge is -2.12. The van der Waals surface area contributed by atoms with Crippen molar-refractivity contribution in [2.75, 3.05) is 11.9 Å². The van der Waals surface area contributed by atoms with Gasteiger partial charge < -0.3 is 9.88 Å². The van der Waals surface area contributed by atoms with Crippen molar-refractivity contribution in [2.24, 2.45) is 5.92 Å². The highest BCUT2D eigenvalue weighted by Crippen LogP contribution is 2.27. The summed E-state index contributed by atoms with van der Waals surface area (Å²) in [6.07, 6.45) is 13.5. The molecule has 1 aromatic rings. The number of unbranched alkanes of at least 4 members (excludes halogenated alkanes) is 1. The fourth-order valence-electron chi connectivity index (χ4n) is 2.67. The zero-order chi connectivity index (χ0) is 11.9. The van der Waals surface area contributed by atoms with E-state index in [-0.39, 0.29) is 0 Å². The van der Waals surface area contributed by atoms with Crippen molar-refractivity contribution < 1.29 is 0 Å². The van der Waals surface area contributed by atoms with Gasteiger partial charge in [0, 0.05) is 25.5 Å². The lowest BCUT2D eigenvalue weighted by molar-refractivity contribution is 0.516. The molecule has 1 aromatic heterocycles. The second-order valence-electron chi connectivity index (χ2n) is 5.16. The average molecular weight is 235 g/mol. The van der Waals surface area contributed by atoms with Crippen LogP contribution in [0.4, 0.5) is 5.95 Å². The van der Waals surface area contributed by atoms with Crippen LogP contribution in [0.15, 0.2) is 12.4 Å². The van der Waals surface area contributed by atoms with Crippen molar-refractivity contribution in [3.05, 3.63) is 12.4 Å². The van der Waals surface area contributed by atoms with E-state index in [0.29, 0.717) is 0 Å². The topological polar surface area (TPSA) is 29.9 Å². The lowest BCUT2D eigenvalue weighted by atomic mass is 10.0. The van der Waals surface area contributed by atoms with Gasteiger partial charge in [0.15, 0.2) is 0 Å². The zero-order valence-corrected chi connectivity index (χ0v) is 11.0. The Bertz CT molecular complexity index is 313. The number of nitrogens with one attached hydrogen (secondary N) is 1. The van der Waals surface area contributed by atoms with Crippen LogP contribution in [0.25, 0.3) is 0 Å². The van der Waals surface area contributed by atoms with Crippen LogP contribution in [-0.4, -0.2) is 16.1 Å². The Morgan fingerprint density at radius 2 is 2.24 bits per heavy atom. The number of rotatable bonds is 7. The van der Waals surface area contributed by atoms with E-state index in [4.69, 9.17) is 0 Å². The Morgan fingerprint density at radius 1 is 1.41 bits per heavy atom. The minimum atomic E-state index is 0.960. The largest absolute Gasteiger partial charge is 0.356 e. The molecule has 17 heavy (non-hydrogen) atoms. The number of aromatic nitrogens is 2. The van der Waals surface area contributed by atoms with E-state index in [1.54, 1.807) is 0 Å². The normalized spacial score (nSPS) is 16.5. The van der Waals surface area contributed by atoms with Crippen LogP contribution in [0.1, 0.15) is 51.9 Å². The monoisotopic (exact) mass is 235 g/mol. The van der Waals surface area contributed by atoms with Crippen LogP contribution < -0.4 is 5.32 Å². The molecule has 1 saturated carbocycles. The Morgan fingerprint density at radius 3 is 3.00 bits per heavy atom. The highest BCUT2D eigenvalue weighted by molar-refractivity contribution is 5.25. The number of imidazole rings is 1. The summed E-state index contributed by atoms with van der Waals surface area (Å²) in [7, 11) is 0. The van der Waals surface area contributed by atoms with Crippen molar-refractivity contribution in [3.8, 4) is 0 Å². The molecule has 1 aliphatic carbocycles. The number of hydrogen-bond donors (Lipinski definition) is 1. The summed E-state index contributed by atoms with van der Waals surface area (Å²) in [6.45, 7) is 4.39. The minimum Gasteiger partial charge on any atom is -0.356 e. The molecule has 0 spiro atoms. The number of nitrogens with zero attached hydrogens (tertiary/aromatic N) is 2. The quantitative estimate of drug-likeness (QED) is 0.781. The molecule has 3 nitrogen and oxygen atoms in total. The van der Waals surface area contributed by atoms with Gasteiger partial charge in [-0.15, -0.1) is 0 Å². The zero-order valence-electron chi connectivity index (χ0n) is 11.0. The molecule has 0 unspecified atom stereocenters. The van der Waals surface area contributed by atoms with E-state index in [1.807, 2.05) is 6.20 Å². The maximum absolute atomic E-state index is 4.39. The van der Waals surface area contributed by atoms with Gasteiger partial charge in [-0.1, -0.05) is 39.0 Å². The molecule has 1 heterocycles. The summed E-state index contributed by atoms with van der Waals surface area (Å²) >= 11 is 0. The first-order chi connectivity index (χ1) is 8.40. The first-order valence-electron chi connectivity index (χ1n) is 7.15. The maximum Gasteiger partial charge on any atom is 0.202 e. The Hall–Kier alpha value is -0.990. The Labute approximate surface area is 105 Å². The summed E-state index contributed by atoms with van der Waals surface area (Å²) in [5, 5.41) is 3.48. The van der Waals surface area contributed by atoms with Gasteiger partial charge in [0.2, 0.25) is 5.95 Å². The van der Waals surface area contributed by atoms with Crippen LogP contribution in [-0.2, 0) is 6.54 Å². The summed E-state index contributed by atoms with van der Waals surface area (Å²) in [4.78, 5) is 4.39. The molecule has 0 saturated heterocycles. The SMILES string of the molecule is CCCCn1ccnc1NCCC1CCCC1. The summed E-state index contributed by atoms with van der Waals surface area (Å²) in [6, 6.07) is 0. The van der Waals surface area contributed by atoms with E-state index < -0.39 is 0 Å². The summed E-state index contributed by atoms with van der Waals surface area (Å²) < 4.78 is 2.23. The van der Waals surface area contributed by atoms with Crippen LogP contribution in [0.2, 0.25) is 0 Å². The smallest absolute Gasteiger partial charge is 0.202 e. The van der Waals surface area contributed by atoms with Gasteiger partial charge in [-0.25, -0.2) is 4.98 Å². The summed E-state index contributed by atoms with van der Waals surface area (Å²) in [5.41, 5.74) is 0. The molecular weight excluding hydrogens is 210 g/mol. The highest BCUT2D eigenvalue weighted by atomic mass is 15.2. The molecule has 0 aromatic carbocycles. The molecule has 0 amide bonds. The molecule has 0 aliphatic heterocycles. The van der Waals surface area contributed by atoms with Gasteiger partial charge in [-0.05, 0) is 18.8 Å². The van der Waals surface area contributed by atoms with Gasteiger partial charge in [0.25, 0.3) is 0 Å². The highest BCUT2D eigenvalue weighted by Gasteiger charge is 2.14. The average Bonchev–Trinajstić information content (AvgIpc) is 2.98. The fourth-order valence-corrected chi connectivity index (χ4v) is 2.67. The van der Waals surface area contributed by atoms with Gasteiger partial charge >= 0.3 is 0 Å². The molecule has 1 fully saturated rings. The summed E-state index contributed by atoms with van der Waals surface area (Å²) in [5.74, 6) is 2.01. The van der Waals surface area contributed by atoms with Crippen molar-refractivity contribution in [3.63, 3.8) is 0 Å². The second-order valence-corrected chi connectivity index (χ2v) is 5.16. The molecule has 0 bridgehead atoms. The number of anilines is 1. The lowest BCUT2D eigenvalue weighted by Crippen LogP contribution is -2.11. The van der Waals surface area contributed by atoms with Crippen LogP contribution in [0.3, 0.4) is 0 Å². The minimum absolute atomic E-state index is 0.960. The number of aryl methyl sites for hydroxylation is 1. The van der Waals surface area contributed by atoms with Gasteiger partial charge in [0.05, 0.1) is 0 Å². The second kappa shape index (κ2) is 6.67. The molecular formula is C14H25N3. The molecule has 2 rings (SSSR count). The van der Waals surface area contributed by atoms with Crippen LogP contribution >= 0.6 is 0 Å². The van der Waals surface area contributed by atoms with Gasteiger partial charge in [-0.3, -0.25) is 0 Å². The van der Waals surface area contributed by atoms with Crippen LogP contribution in [0.5, 0.6) is 0 Å². The van der Waals surface area contributed by atoms with Crippen molar-refractivity contribution >= 4 is 5.95 Å². The first-order valence-corrected chi connectivity index (χ1v) is 7.15. The Balaban J connectivity index is 1.72. The van der Waals surface area contributed by atoms with E-state index in [0.717, 1.165) is 25.0 Å². The molecule has 1 aliphatic rings. The van der Waals surface area contributed by atoms with Gasteiger partial charge in [-0.2, -0.15) is 0 Å². The van der Waals surface area contributed by atoms with E-state index in [1.165, 1.54) is 44.9 Å². The Kier molecular flexibility index (Phi) is 4.89. The van der Waals surface area contributed by atoms with E-state index >= 15 is 0 Å². The predicted molar refractivity (Wildman–Crippen MR) is 72.2 cm³/mol. The van der Waals surface area contributed by atoms with Crippen molar-refractivity contribution in [1.29, 1.82) is 0 Å². The third kappa shape index (κ3) is 3.76. The number of hydrogen-bond acceptors (Lipinski definition) is 2. The third-order valence-corrected chi connectivity index (χ3v) is 3.78. The van der Waals surface area contributed by atoms with E-state index in [9.17, 15) is 0 Å². The van der Waals surface area contributed by atoms with Gasteiger partial charge in [0.1, 0.15) is 0 Å². The van der Waals surface area contributed by atoms with Crippen molar-refractivity contribution in [2.45, 2.75) is 58.4 Å². The van der Waals surface area contributed by atoms with Crippen molar-refractivity contribution in [1.82, 2.24) is 9.55 Å². The first kappa shape index (κ1) is 12.5. The molecule has 1 N–H and O–H groups in total. The molecule has 96 valence electrons. The maximum atomic E-state index is 4.39.